The fourth-order valence-corrected chi connectivity index (χ4v) is 3.64. The van der Waals surface area contributed by atoms with E-state index in [4.69, 9.17) is 14.3 Å². The first-order valence-corrected chi connectivity index (χ1v) is 11.8. The molecule has 1 unspecified atom stereocenters. The largest absolute Gasteiger partial charge is 0.616 e. The van der Waals surface area contributed by atoms with Crippen LogP contribution < -0.4 is 9.16 Å². The molecule has 0 aromatic heterocycles. The Morgan fingerprint density at radius 3 is 2.39 bits per heavy atom. The maximum atomic E-state index is 11.8. The van der Waals surface area contributed by atoms with Crippen molar-refractivity contribution in [1.29, 1.82) is 0 Å². The van der Waals surface area contributed by atoms with Crippen LogP contribution in [0.4, 0.5) is 0 Å². The van der Waals surface area contributed by atoms with Gasteiger partial charge in [-0.25, -0.2) is 4.79 Å². The summed E-state index contributed by atoms with van der Waals surface area (Å²) in [5, 5.41) is 8.75. The van der Waals surface area contributed by atoms with Crippen molar-refractivity contribution in [3.05, 3.63) is 23.8 Å². The summed E-state index contributed by atoms with van der Waals surface area (Å²) in [7, 11) is -0.453. The van der Waals surface area contributed by atoms with E-state index in [9.17, 15) is 9.35 Å². The van der Waals surface area contributed by atoms with Gasteiger partial charge in [-0.2, -0.15) is 0 Å². The molecule has 130 valence electrons. The lowest BCUT2D eigenvalue weighted by molar-refractivity contribution is -0.134. The van der Waals surface area contributed by atoms with E-state index < -0.39 is 25.5 Å². The van der Waals surface area contributed by atoms with Gasteiger partial charge in [0.15, 0.2) is 5.75 Å². The van der Waals surface area contributed by atoms with Gasteiger partial charge in [0, 0.05) is 5.56 Å². The molecule has 0 radical (unpaired) electrons. The van der Waals surface area contributed by atoms with E-state index in [-0.39, 0.29) is 16.5 Å². The Hall–Kier alpha value is -1.18. The van der Waals surface area contributed by atoms with Gasteiger partial charge in [0.1, 0.15) is 11.5 Å². The maximum absolute atomic E-state index is 11.8. The highest BCUT2D eigenvalue weighted by atomic mass is 32.2. The van der Waals surface area contributed by atoms with Crippen LogP contribution in [0.25, 0.3) is 0 Å². The molecule has 23 heavy (non-hydrogen) atoms. The molecule has 0 amide bonds. The van der Waals surface area contributed by atoms with Crippen LogP contribution >= 0.6 is 0 Å². The van der Waals surface area contributed by atoms with Gasteiger partial charge in [-0.15, -0.1) is 0 Å². The van der Waals surface area contributed by atoms with Crippen molar-refractivity contribution in [2.24, 2.45) is 0 Å². The van der Waals surface area contributed by atoms with Crippen molar-refractivity contribution in [3.8, 4) is 11.5 Å². The molecule has 0 aliphatic rings. The average Bonchev–Trinajstić information content (AvgIpc) is 2.36. The zero-order chi connectivity index (χ0) is 17.8. The van der Waals surface area contributed by atoms with Gasteiger partial charge in [-0.3, -0.25) is 0 Å². The molecule has 1 aromatic rings. The number of aliphatic carboxylic acids is 1. The van der Waals surface area contributed by atoms with E-state index in [1.807, 2.05) is 0 Å². The van der Waals surface area contributed by atoms with Crippen LogP contribution in [0, 0.1) is 0 Å². The maximum Gasteiger partial charge on any atom is 0.353 e. The van der Waals surface area contributed by atoms with Crippen LogP contribution in [0.15, 0.2) is 18.2 Å². The number of carbonyl (C=O) groups is 1. The molecule has 0 bridgehead atoms. The highest BCUT2D eigenvalue weighted by molar-refractivity contribution is 7.91. The molecule has 0 heterocycles. The van der Waals surface area contributed by atoms with Crippen molar-refractivity contribution in [3.63, 3.8) is 0 Å². The summed E-state index contributed by atoms with van der Waals surface area (Å²) >= 11 is -1.44. The summed E-state index contributed by atoms with van der Waals surface area (Å²) in [5.41, 5.74) is 0.777. The quantitative estimate of drug-likeness (QED) is 0.597. The minimum Gasteiger partial charge on any atom is -0.616 e. The minimum atomic E-state index is -2.03. The topological polar surface area (TPSA) is 78.8 Å². The van der Waals surface area contributed by atoms with Crippen LogP contribution in [-0.2, 0) is 21.7 Å². The zero-order valence-electron chi connectivity index (χ0n) is 14.6. The monoisotopic (exact) mass is 358 g/mol. The molecular weight excluding hydrogens is 332 g/mol. The van der Waals surface area contributed by atoms with Gasteiger partial charge >= 0.3 is 5.97 Å². The second-order valence-corrected chi connectivity index (χ2v) is 13.2. The molecule has 5 nitrogen and oxygen atoms in total. The Balaban J connectivity index is 3.02. The molecule has 1 atom stereocenters. The number of carboxylic acid groups (broad SMARTS) is 1. The molecule has 0 aliphatic heterocycles. The van der Waals surface area contributed by atoms with E-state index >= 15 is 0 Å². The SMILES string of the molecule is COc1ccc(C[S+]([O-])CC(=O)O)cc1O[Si](C)(C)C(C)(C)C. The normalized spacial score (nSPS) is 13.5. The highest BCUT2D eigenvalue weighted by Gasteiger charge is 2.39. The number of rotatable bonds is 7. The molecule has 0 fully saturated rings. The van der Waals surface area contributed by atoms with E-state index in [1.54, 1.807) is 25.3 Å². The third-order valence-electron chi connectivity index (χ3n) is 4.01. The Labute approximate surface area is 142 Å². The van der Waals surface area contributed by atoms with Gasteiger partial charge in [0.2, 0.25) is 5.75 Å². The van der Waals surface area contributed by atoms with Crippen LogP contribution in [0.1, 0.15) is 26.3 Å². The number of hydrogen-bond acceptors (Lipinski definition) is 4. The number of hydrogen-bond donors (Lipinski definition) is 1. The fourth-order valence-electron chi connectivity index (χ4n) is 1.69. The first-order chi connectivity index (χ1) is 10.5. The fraction of sp³-hybridized carbons (Fsp3) is 0.562. The smallest absolute Gasteiger partial charge is 0.353 e. The van der Waals surface area contributed by atoms with Gasteiger partial charge in [0.05, 0.1) is 7.11 Å². The summed E-state index contributed by atoms with van der Waals surface area (Å²) in [5.74, 6) is 0.0234. The van der Waals surface area contributed by atoms with Crippen molar-refractivity contribution in [1.82, 2.24) is 0 Å². The Bertz CT molecular complexity index is 554. The predicted molar refractivity (Wildman–Crippen MR) is 95.2 cm³/mol. The third kappa shape index (κ3) is 5.75. The zero-order valence-corrected chi connectivity index (χ0v) is 16.5. The molecule has 0 aliphatic carbocycles. The van der Waals surface area contributed by atoms with Gasteiger partial charge in [0.25, 0.3) is 8.32 Å². The Kier molecular flexibility index (Phi) is 6.56. The average molecular weight is 359 g/mol. The third-order valence-corrected chi connectivity index (χ3v) is 9.58. The molecule has 1 aromatic carbocycles. The lowest BCUT2D eigenvalue weighted by Gasteiger charge is -2.36. The predicted octanol–water partition coefficient (Wildman–Crippen LogP) is 3.41. The van der Waals surface area contributed by atoms with Crippen molar-refractivity contribution in [2.75, 3.05) is 12.9 Å². The summed E-state index contributed by atoms with van der Waals surface area (Å²) in [6.45, 7) is 10.7. The first-order valence-electron chi connectivity index (χ1n) is 7.39. The molecule has 7 heteroatoms. The lowest BCUT2D eigenvalue weighted by Crippen LogP contribution is -2.43. The molecular formula is C16H26O5SSi. The van der Waals surface area contributed by atoms with Crippen LogP contribution in [0.5, 0.6) is 11.5 Å². The summed E-state index contributed by atoms with van der Waals surface area (Å²) in [4.78, 5) is 10.6. The van der Waals surface area contributed by atoms with E-state index in [1.165, 1.54) is 0 Å². The van der Waals surface area contributed by atoms with Gasteiger partial charge in [-0.1, -0.05) is 26.8 Å². The van der Waals surface area contributed by atoms with E-state index in [0.29, 0.717) is 11.5 Å². The van der Waals surface area contributed by atoms with E-state index in [0.717, 1.165) is 5.56 Å². The van der Waals surface area contributed by atoms with Crippen molar-refractivity contribution in [2.45, 2.75) is 44.7 Å². The molecule has 1 N–H and O–H groups in total. The minimum absolute atomic E-state index is 0.0418. The number of methoxy groups -OCH3 is 1. The lowest BCUT2D eigenvalue weighted by atomic mass is 10.2. The van der Waals surface area contributed by atoms with E-state index in [2.05, 4.69) is 33.9 Å². The second-order valence-electron chi connectivity index (χ2n) is 6.97. The Morgan fingerprint density at radius 2 is 1.91 bits per heavy atom. The number of ether oxygens (including phenoxy) is 1. The van der Waals surface area contributed by atoms with Crippen LogP contribution in [0.2, 0.25) is 18.1 Å². The Morgan fingerprint density at radius 1 is 1.30 bits per heavy atom. The first kappa shape index (κ1) is 19.9. The summed E-state index contributed by atoms with van der Waals surface area (Å²) < 4.78 is 23.4. The van der Waals surface area contributed by atoms with Crippen molar-refractivity contribution >= 4 is 25.5 Å². The summed E-state index contributed by atoms with van der Waals surface area (Å²) in [6, 6.07) is 5.37. The number of benzene rings is 1. The van der Waals surface area contributed by atoms with Crippen LogP contribution in [-0.4, -0.2) is 36.8 Å². The molecule has 1 rings (SSSR count). The second kappa shape index (κ2) is 7.59. The molecule has 0 spiro atoms. The van der Waals surface area contributed by atoms with Gasteiger partial charge < -0.3 is 18.8 Å². The standard InChI is InChI=1S/C16H26O5SSi/c1-16(2,3)23(5,6)21-14-9-12(7-8-13(14)20-4)10-22(19)11-15(17)18/h7-9H,10-11H2,1-6H3,(H,17,18). The number of carboxylic acids is 1. The highest BCUT2D eigenvalue weighted by Crippen LogP contribution is 2.40. The molecule has 0 saturated heterocycles. The van der Waals surface area contributed by atoms with Crippen LogP contribution in [0.3, 0.4) is 0 Å². The summed E-state index contributed by atoms with van der Waals surface area (Å²) in [6.07, 6.45) is 0. The van der Waals surface area contributed by atoms with Gasteiger partial charge in [-0.05, 0) is 41.4 Å². The van der Waals surface area contributed by atoms with Crippen molar-refractivity contribution < 1.29 is 23.6 Å². The molecule has 0 saturated carbocycles.